The summed E-state index contributed by atoms with van der Waals surface area (Å²) in [6.45, 7) is 8.83. The SMILES string of the molecule is C=C1Oc2ccccc2-c2c1c1c(c3ccccc23)-c2ccccc2[Te]C1=C. The minimum absolute atomic E-state index is 0.520. The molecular formula is C26H16OTe. The van der Waals surface area contributed by atoms with Gasteiger partial charge in [-0.15, -0.1) is 0 Å². The first-order valence-electron chi connectivity index (χ1n) is 9.26. The van der Waals surface area contributed by atoms with E-state index in [9.17, 15) is 0 Å². The summed E-state index contributed by atoms with van der Waals surface area (Å²) in [5, 5.41) is 2.53. The van der Waals surface area contributed by atoms with Crippen LogP contribution < -0.4 is 8.35 Å². The molecule has 2 aliphatic rings. The molecular weight excluding hydrogens is 456 g/mol. The molecule has 1 nitrogen and oxygen atoms in total. The quantitative estimate of drug-likeness (QED) is 0.292. The molecule has 0 unspecified atom stereocenters. The molecule has 6 rings (SSSR count). The maximum absolute atomic E-state index is 6.19. The third-order valence-electron chi connectivity index (χ3n) is 5.55. The van der Waals surface area contributed by atoms with Gasteiger partial charge in [0.1, 0.15) is 0 Å². The predicted molar refractivity (Wildman–Crippen MR) is 119 cm³/mol. The van der Waals surface area contributed by atoms with Crippen molar-refractivity contribution in [1.82, 2.24) is 0 Å². The zero-order valence-electron chi connectivity index (χ0n) is 15.2. The molecule has 0 saturated carbocycles. The zero-order chi connectivity index (χ0) is 18.8. The number of rotatable bonds is 0. The van der Waals surface area contributed by atoms with E-state index in [1.165, 1.54) is 40.3 Å². The number of hydrogen-bond donors (Lipinski definition) is 0. The van der Waals surface area contributed by atoms with Gasteiger partial charge >= 0.3 is 175 Å². The average molecular weight is 472 g/mol. The van der Waals surface area contributed by atoms with E-state index in [0.717, 1.165) is 22.6 Å². The fourth-order valence-electron chi connectivity index (χ4n) is 4.45. The molecule has 4 aromatic carbocycles. The van der Waals surface area contributed by atoms with Crippen LogP contribution in [0.4, 0.5) is 0 Å². The summed E-state index contributed by atoms with van der Waals surface area (Å²) in [6, 6.07) is 25.8. The van der Waals surface area contributed by atoms with Gasteiger partial charge in [-0.3, -0.25) is 0 Å². The second-order valence-electron chi connectivity index (χ2n) is 7.09. The molecule has 0 bridgehead atoms. The van der Waals surface area contributed by atoms with Crippen LogP contribution in [0.5, 0.6) is 5.75 Å². The molecule has 2 heteroatoms. The number of hydrogen-bond acceptors (Lipinski definition) is 1. The number of ether oxygens (including phenoxy) is 1. The third kappa shape index (κ3) is 2.08. The molecule has 0 fully saturated rings. The summed E-state index contributed by atoms with van der Waals surface area (Å²) < 4.78 is 8.90. The van der Waals surface area contributed by atoms with Gasteiger partial charge in [-0.1, -0.05) is 0 Å². The van der Waals surface area contributed by atoms with E-state index in [1.807, 2.05) is 12.1 Å². The van der Waals surface area contributed by atoms with Gasteiger partial charge in [0.15, 0.2) is 0 Å². The molecule has 132 valence electrons. The zero-order valence-corrected chi connectivity index (χ0v) is 17.5. The summed E-state index contributed by atoms with van der Waals surface area (Å²) in [5.41, 5.74) is 7.37. The molecule has 4 aromatic rings. The molecule has 28 heavy (non-hydrogen) atoms. The van der Waals surface area contributed by atoms with Crippen molar-refractivity contribution in [1.29, 1.82) is 0 Å². The molecule has 0 aromatic heterocycles. The van der Waals surface area contributed by atoms with Gasteiger partial charge in [-0.05, 0) is 0 Å². The van der Waals surface area contributed by atoms with Crippen molar-refractivity contribution in [3.63, 3.8) is 0 Å². The van der Waals surface area contributed by atoms with Crippen molar-refractivity contribution < 1.29 is 4.74 Å². The monoisotopic (exact) mass is 474 g/mol. The minimum atomic E-state index is -0.520. The van der Waals surface area contributed by atoms with Crippen molar-refractivity contribution in [2.75, 3.05) is 0 Å². The van der Waals surface area contributed by atoms with Crippen LogP contribution in [0.15, 0.2) is 86.0 Å². The molecule has 0 N–H and O–H groups in total. The molecule has 0 atom stereocenters. The first kappa shape index (κ1) is 16.2. The van der Waals surface area contributed by atoms with E-state index in [1.54, 1.807) is 0 Å². The second kappa shape index (κ2) is 5.85. The van der Waals surface area contributed by atoms with Crippen LogP contribution in [0.1, 0.15) is 11.1 Å². The van der Waals surface area contributed by atoms with E-state index < -0.39 is 20.9 Å². The van der Waals surface area contributed by atoms with Crippen LogP contribution in [-0.4, -0.2) is 20.9 Å². The number of para-hydroxylation sites is 1. The average Bonchev–Trinajstić information content (AvgIpc) is 2.73. The van der Waals surface area contributed by atoms with Gasteiger partial charge in [-0.25, -0.2) is 0 Å². The molecule has 0 aliphatic carbocycles. The normalized spacial score (nSPS) is 14.0. The topological polar surface area (TPSA) is 9.23 Å². The Labute approximate surface area is 174 Å². The molecule has 2 heterocycles. The van der Waals surface area contributed by atoms with E-state index in [-0.39, 0.29) is 0 Å². The fourth-order valence-corrected chi connectivity index (χ4v) is 7.30. The van der Waals surface area contributed by atoms with Crippen LogP contribution in [0.2, 0.25) is 0 Å². The van der Waals surface area contributed by atoms with Crippen LogP contribution in [-0.2, 0) is 0 Å². The van der Waals surface area contributed by atoms with Gasteiger partial charge in [0, 0.05) is 0 Å². The Bertz CT molecular complexity index is 1240. The Balaban J connectivity index is 1.88. The first-order valence-corrected chi connectivity index (χ1v) is 11.6. The van der Waals surface area contributed by atoms with Gasteiger partial charge in [0.2, 0.25) is 0 Å². The van der Waals surface area contributed by atoms with Crippen molar-refractivity contribution in [3.8, 4) is 28.0 Å². The van der Waals surface area contributed by atoms with E-state index in [2.05, 4.69) is 73.8 Å². The second-order valence-corrected chi connectivity index (χ2v) is 10.3. The Hall–Kier alpha value is -2.79. The molecule has 2 aliphatic heterocycles. The Morgan fingerprint density at radius 3 is 2.00 bits per heavy atom. The summed E-state index contributed by atoms with van der Waals surface area (Å²) in [4.78, 5) is 0. The van der Waals surface area contributed by atoms with E-state index >= 15 is 0 Å². The predicted octanol–water partition coefficient (Wildman–Crippen LogP) is 5.85. The summed E-state index contributed by atoms with van der Waals surface area (Å²) in [7, 11) is 0. The Morgan fingerprint density at radius 2 is 1.21 bits per heavy atom. The summed E-state index contributed by atoms with van der Waals surface area (Å²) in [6.07, 6.45) is 0. The number of benzene rings is 4. The molecule has 0 radical (unpaired) electrons. The third-order valence-corrected chi connectivity index (χ3v) is 8.48. The molecule has 0 amide bonds. The van der Waals surface area contributed by atoms with Crippen molar-refractivity contribution >= 4 is 44.7 Å². The first-order chi connectivity index (χ1) is 13.7. The van der Waals surface area contributed by atoms with Crippen LogP contribution in [0.3, 0.4) is 0 Å². The van der Waals surface area contributed by atoms with Crippen molar-refractivity contribution in [3.05, 3.63) is 97.1 Å². The Kier molecular flexibility index (Phi) is 3.38. The van der Waals surface area contributed by atoms with Crippen molar-refractivity contribution in [2.24, 2.45) is 0 Å². The van der Waals surface area contributed by atoms with Crippen LogP contribution >= 0.6 is 0 Å². The van der Waals surface area contributed by atoms with Gasteiger partial charge in [-0.2, -0.15) is 0 Å². The van der Waals surface area contributed by atoms with E-state index in [0.29, 0.717) is 0 Å². The van der Waals surface area contributed by atoms with Gasteiger partial charge < -0.3 is 0 Å². The van der Waals surface area contributed by atoms with Crippen molar-refractivity contribution in [2.45, 2.75) is 0 Å². The Morgan fingerprint density at radius 1 is 0.607 bits per heavy atom. The maximum atomic E-state index is 6.19. The summed E-state index contributed by atoms with van der Waals surface area (Å²) >= 11 is -0.520. The molecule has 0 saturated heterocycles. The van der Waals surface area contributed by atoms with Crippen LogP contribution in [0.25, 0.3) is 42.4 Å². The fraction of sp³-hybridized carbons (Fsp3) is 0. The van der Waals surface area contributed by atoms with Crippen LogP contribution in [0, 0.1) is 0 Å². The van der Waals surface area contributed by atoms with Gasteiger partial charge in [0.25, 0.3) is 0 Å². The van der Waals surface area contributed by atoms with E-state index in [4.69, 9.17) is 4.74 Å². The summed E-state index contributed by atoms with van der Waals surface area (Å²) in [5.74, 6) is 1.60. The standard InChI is InChI=1S/C26H16OTe/c1-15-23-24-16(2)28-22-14-8-6-12-20(22)26(24)18-10-4-3-9-17(18)25(23)19-11-5-7-13-21(19)27-15/h3-14H,1-2H2. The van der Waals surface area contributed by atoms with Gasteiger partial charge in [0.05, 0.1) is 0 Å². The number of fused-ring (bicyclic) bond motifs is 10. The molecule has 0 spiro atoms.